The first kappa shape index (κ1) is 17.8. The molecule has 1 aromatic heterocycles. The lowest BCUT2D eigenvalue weighted by Crippen LogP contribution is -2.85. The molecule has 0 aliphatic carbocycles. The minimum Gasteiger partial charge on any atom is -0.493 e. The molecule has 0 bridgehead atoms. The Kier molecular flexibility index (Phi) is 4.58. The Labute approximate surface area is 161 Å². The smallest absolute Gasteiger partial charge is 0.248 e. The molecule has 0 saturated carbocycles. The molecule has 142 valence electrons. The number of aliphatic imine (C=N–C) groups is 1. The lowest BCUT2D eigenvalue weighted by Gasteiger charge is -2.13. The van der Waals surface area contributed by atoms with Crippen LogP contribution in [0.25, 0.3) is 10.9 Å². The fourth-order valence-corrected chi connectivity index (χ4v) is 3.29. The van der Waals surface area contributed by atoms with Gasteiger partial charge in [-0.2, -0.15) is 4.99 Å². The zero-order valence-electron chi connectivity index (χ0n) is 15.8. The van der Waals surface area contributed by atoms with Crippen LogP contribution >= 0.6 is 0 Å². The summed E-state index contributed by atoms with van der Waals surface area (Å²) in [6.07, 6.45) is 3.49. The highest BCUT2D eigenvalue weighted by Crippen LogP contribution is 2.38. The molecular weight excluding hydrogens is 358 g/mol. The number of hydrogen-bond donors (Lipinski definition) is 2. The van der Waals surface area contributed by atoms with E-state index in [0.717, 1.165) is 22.3 Å². The minimum atomic E-state index is -0.169. The van der Waals surface area contributed by atoms with E-state index < -0.39 is 0 Å². The zero-order valence-corrected chi connectivity index (χ0v) is 15.8. The number of allylic oxidation sites excluding steroid dienone is 1. The molecule has 3 N–H and O–H groups in total. The first-order chi connectivity index (χ1) is 13.7. The highest BCUT2D eigenvalue weighted by atomic mass is 16.5. The molecule has 28 heavy (non-hydrogen) atoms. The number of rotatable bonds is 6. The highest BCUT2D eigenvalue weighted by molar-refractivity contribution is 6.12. The number of H-pyrrole nitrogens is 1. The number of nitrogens with one attached hydrogen (secondary N) is 1. The maximum absolute atomic E-state index is 13.0. The quantitative estimate of drug-likeness (QED) is 0.644. The van der Waals surface area contributed by atoms with Gasteiger partial charge in [0.25, 0.3) is 0 Å². The topological polar surface area (TPSA) is 89.5 Å². The van der Waals surface area contributed by atoms with Crippen LogP contribution in [0, 0.1) is 0 Å². The van der Waals surface area contributed by atoms with Gasteiger partial charge in [-0.05, 0) is 18.2 Å². The van der Waals surface area contributed by atoms with Crippen molar-refractivity contribution in [2.75, 3.05) is 21.3 Å². The van der Waals surface area contributed by atoms with Crippen LogP contribution in [0.3, 0.4) is 0 Å². The Morgan fingerprint density at radius 3 is 2.43 bits per heavy atom. The molecule has 0 unspecified atom stereocenters. The molecule has 7 heteroatoms. The van der Waals surface area contributed by atoms with Crippen molar-refractivity contribution in [2.24, 2.45) is 4.99 Å². The number of aromatic amines is 1. The summed E-state index contributed by atoms with van der Waals surface area (Å²) in [6, 6.07) is 11.3. The Hall–Kier alpha value is -3.58. The SMILES string of the molecule is COc1cc(C(=O)C2=CN=C(c3c[nH]c4ccccc34)[NH2+]2)cc(OC)c1OC. The summed E-state index contributed by atoms with van der Waals surface area (Å²) >= 11 is 0. The molecule has 3 aromatic rings. The maximum Gasteiger partial charge on any atom is 0.248 e. The van der Waals surface area contributed by atoms with Crippen molar-refractivity contribution >= 4 is 22.5 Å². The number of amidine groups is 1. The Morgan fingerprint density at radius 2 is 1.75 bits per heavy atom. The molecule has 2 aromatic carbocycles. The minimum absolute atomic E-state index is 0.169. The summed E-state index contributed by atoms with van der Waals surface area (Å²) in [5.74, 6) is 1.89. The van der Waals surface area contributed by atoms with Gasteiger partial charge in [0, 0.05) is 22.7 Å². The first-order valence-corrected chi connectivity index (χ1v) is 8.70. The molecular formula is C21H20N3O4+. The van der Waals surface area contributed by atoms with Crippen LogP contribution in [-0.2, 0) is 0 Å². The van der Waals surface area contributed by atoms with Gasteiger partial charge in [0.2, 0.25) is 23.1 Å². The number of carbonyl (C=O) groups is 1. The third-order valence-corrected chi connectivity index (χ3v) is 4.69. The summed E-state index contributed by atoms with van der Waals surface area (Å²) in [7, 11) is 4.56. The molecule has 0 fully saturated rings. The predicted octanol–water partition coefficient (Wildman–Crippen LogP) is 2.24. The number of fused-ring (bicyclic) bond motifs is 1. The van der Waals surface area contributed by atoms with Crippen molar-refractivity contribution in [1.82, 2.24) is 4.98 Å². The lowest BCUT2D eigenvalue weighted by molar-refractivity contribution is -0.470. The van der Waals surface area contributed by atoms with E-state index in [1.807, 2.05) is 30.5 Å². The van der Waals surface area contributed by atoms with Gasteiger partial charge in [0.05, 0.1) is 33.1 Å². The number of aromatic nitrogens is 1. The first-order valence-electron chi connectivity index (χ1n) is 8.70. The standard InChI is InChI=1S/C21H19N3O4/c1-26-17-8-12(9-18(27-2)20(17)28-3)19(25)16-11-23-21(24-16)14-10-22-15-7-5-4-6-13(14)15/h4-11,22H,1-3H3,(H,23,24)/p+1. The lowest BCUT2D eigenvalue weighted by atomic mass is 10.1. The molecule has 0 spiro atoms. The molecule has 7 nitrogen and oxygen atoms in total. The molecule has 1 aliphatic rings. The van der Waals surface area contributed by atoms with Crippen LogP contribution in [0.15, 0.2) is 59.5 Å². The van der Waals surface area contributed by atoms with Gasteiger partial charge >= 0.3 is 0 Å². The van der Waals surface area contributed by atoms with Crippen LogP contribution in [0.5, 0.6) is 17.2 Å². The molecule has 2 heterocycles. The number of Topliss-reactive ketones (excluding diaryl/α,β-unsaturated/α-hetero) is 1. The van der Waals surface area contributed by atoms with E-state index in [2.05, 4.69) is 9.98 Å². The number of nitrogens with two attached hydrogens (primary N) is 1. The van der Waals surface area contributed by atoms with Crippen LogP contribution in [0.4, 0.5) is 0 Å². The number of carbonyl (C=O) groups excluding carboxylic acids is 1. The van der Waals surface area contributed by atoms with E-state index in [1.54, 1.807) is 23.6 Å². The van der Waals surface area contributed by atoms with Crippen molar-refractivity contribution in [3.05, 3.63) is 65.6 Å². The Bertz CT molecular complexity index is 1100. The van der Waals surface area contributed by atoms with Crippen LogP contribution in [0.2, 0.25) is 0 Å². The third kappa shape index (κ3) is 2.91. The van der Waals surface area contributed by atoms with Crippen molar-refractivity contribution in [2.45, 2.75) is 0 Å². The second-order valence-electron chi connectivity index (χ2n) is 6.23. The molecule has 0 amide bonds. The number of nitrogens with zero attached hydrogens (tertiary/aromatic N) is 1. The fraction of sp³-hybridized carbons (Fsp3) is 0.143. The number of hydrogen-bond acceptors (Lipinski definition) is 5. The van der Waals surface area contributed by atoms with Crippen LogP contribution in [0.1, 0.15) is 15.9 Å². The van der Waals surface area contributed by atoms with Gasteiger partial charge in [-0.1, -0.05) is 18.2 Å². The van der Waals surface area contributed by atoms with Gasteiger partial charge < -0.3 is 19.2 Å². The predicted molar refractivity (Wildman–Crippen MR) is 105 cm³/mol. The van der Waals surface area contributed by atoms with Crippen LogP contribution in [-0.4, -0.2) is 37.9 Å². The van der Waals surface area contributed by atoms with E-state index in [9.17, 15) is 4.79 Å². The van der Waals surface area contributed by atoms with Crippen molar-refractivity contribution in [3.63, 3.8) is 0 Å². The second kappa shape index (κ2) is 7.21. The van der Waals surface area contributed by atoms with E-state index in [1.165, 1.54) is 21.3 Å². The summed E-state index contributed by atoms with van der Waals surface area (Å²) in [4.78, 5) is 20.7. The molecule has 1 aliphatic heterocycles. The van der Waals surface area contributed by atoms with E-state index in [-0.39, 0.29) is 5.78 Å². The molecule has 0 radical (unpaired) electrons. The monoisotopic (exact) mass is 378 g/mol. The van der Waals surface area contributed by atoms with Crippen molar-refractivity contribution in [1.29, 1.82) is 0 Å². The normalized spacial score (nSPS) is 13.2. The number of methoxy groups -OCH3 is 3. The number of benzene rings is 2. The maximum atomic E-state index is 13.0. The Balaban J connectivity index is 1.61. The average molecular weight is 378 g/mol. The van der Waals surface area contributed by atoms with Gasteiger partial charge in [0.1, 0.15) is 0 Å². The number of para-hydroxylation sites is 1. The van der Waals surface area contributed by atoms with Gasteiger partial charge in [-0.25, -0.2) is 0 Å². The van der Waals surface area contributed by atoms with Crippen LogP contribution < -0.4 is 19.5 Å². The summed E-state index contributed by atoms with van der Waals surface area (Å²) in [5, 5.41) is 2.86. The van der Waals surface area contributed by atoms with Gasteiger partial charge in [0.15, 0.2) is 11.5 Å². The van der Waals surface area contributed by atoms with E-state index in [4.69, 9.17) is 14.2 Å². The average Bonchev–Trinajstić information content (AvgIpc) is 3.38. The largest absolute Gasteiger partial charge is 0.493 e. The zero-order chi connectivity index (χ0) is 19.7. The number of ether oxygens (including phenoxy) is 3. The number of ketones is 1. The molecule has 0 atom stereocenters. The van der Waals surface area contributed by atoms with E-state index >= 15 is 0 Å². The molecule has 4 rings (SSSR count). The Morgan fingerprint density at radius 1 is 1.04 bits per heavy atom. The fourth-order valence-electron chi connectivity index (χ4n) is 3.29. The van der Waals surface area contributed by atoms with Gasteiger partial charge in [-0.15, -0.1) is 0 Å². The highest BCUT2D eigenvalue weighted by Gasteiger charge is 2.28. The summed E-state index contributed by atoms with van der Waals surface area (Å²) in [5.41, 5.74) is 2.92. The van der Waals surface area contributed by atoms with Crippen molar-refractivity contribution < 1.29 is 24.3 Å². The van der Waals surface area contributed by atoms with E-state index in [0.29, 0.717) is 28.5 Å². The number of quaternary nitrogens is 1. The summed E-state index contributed by atoms with van der Waals surface area (Å²) in [6.45, 7) is 0. The summed E-state index contributed by atoms with van der Waals surface area (Å²) < 4.78 is 16.0. The second-order valence-corrected chi connectivity index (χ2v) is 6.23. The van der Waals surface area contributed by atoms with Gasteiger partial charge in [-0.3, -0.25) is 10.1 Å². The molecule has 0 saturated heterocycles. The van der Waals surface area contributed by atoms with Crippen molar-refractivity contribution in [3.8, 4) is 17.2 Å². The third-order valence-electron chi connectivity index (χ3n) is 4.69.